The number of aromatic nitrogens is 5. The van der Waals surface area contributed by atoms with Gasteiger partial charge in [-0.25, -0.2) is 9.97 Å². The van der Waals surface area contributed by atoms with E-state index in [0.717, 1.165) is 36.8 Å². The van der Waals surface area contributed by atoms with E-state index in [9.17, 15) is 4.79 Å². The first kappa shape index (κ1) is 23.1. The fourth-order valence-corrected chi connectivity index (χ4v) is 4.03. The Morgan fingerprint density at radius 2 is 2.00 bits per heavy atom. The van der Waals surface area contributed by atoms with Gasteiger partial charge in [-0.3, -0.25) is 14.0 Å². The van der Waals surface area contributed by atoms with Gasteiger partial charge in [-0.15, -0.1) is 0 Å². The molecule has 0 aromatic carbocycles. The molecule has 3 aromatic rings. The lowest BCUT2D eigenvalue weighted by Gasteiger charge is -2.29. The van der Waals surface area contributed by atoms with Crippen molar-refractivity contribution in [2.45, 2.75) is 57.7 Å². The molecule has 0 aliphatic heterocycles. The Kier molecular flexibility index (Phi) is 7.51. The zero-order chi connectivity index (χ0) is 23.2. The molecular weight excluding hydrogens is 420 g/mol. The number of ether oxygens (including phenoxy) is 2. The predicted octanol–water partition coefficient (Wildman–Crippen LogP) is 3.42. The van der Waals surface area contributed by atoms with Gasteiger partial charge in [0.1, 0.15) is 17.8 Å². The van der Waals surface area contributed by atoms with Crippen molar-refractivity contribution >= 4 is 5.91 Å². The van der Waals surface area contributed by atoms with Crippen LogP contribution in [0.25, 0.3) is 16.9 Å². The Bertz CT molecular complexity index is 1040. The van der Waals surface area contributed by atoms with Crippen LogP contribution in [0, 0.1) is 0 Å². The molecule has 3 aromatic heterocycles. The van der Waals surface area contributed by atoms with Gasteiger partial charge in [-0.05, 0) is 57.2 Å². The minimum absolute atomic E-state index is 0.116. The summed E-state index contributed by atoms with van der Waals surface area (Å²) in [5.74, 6) is 0.473. The molecule has 9 heteroatoms. The topological polar surface area (TPSA) is 96.1 Å². The highest BCUT2D eigenvalue weighted by atomic mass is 16.5. The maximum Gasteiger partial charge on any atom is 0.270 e. The van der Waals surface area contributed by atoms with E-state index in [0.29, 0.717) is 24.7 Å². The van der Waals surface area contributed by atoms with Gasteiger partial charge in [0.25, 0.3) is 5.91 Å². The molecule has 33 heavy (non-hydrogen) atoms. The highest BCUT2D eigenvalue weighted by Crippen LogP contribution is 2.25. The lowest BCUT2D eigenvalue weighted by atomic mass is 9.93. The van der Waals surface area contributed by atoms with Crippen molar-refractivity contribution in [1.82, 2.24) is 29.6 Å². The van der Waals surface area contributed by atoms with Crippen LogP contribution in [-0.2, 0) is 9.47 Å². The van der Waals surface area contributed by atoms with Crippen molar-refractivity contribution in [3.05, 3.63) is 48.9 Å². The number of carbonyl (C=O) groups is 1. The van der Waals surface area contributed by atoms with Crippen molar-refractivity contribution in [3.63, 3.8) is 0 Å². The van der Waals surface area contributed by atoms with Crippen LogP contribution in [0.2, 0.25) is 0 Å². The van der Waals surface area contributed by atoms with E-state index in [1.165, 1.54) is 0 Å². The number of hydrogen-bond acceptors (Lipinski definition) is 6. The zero-order valence-corrected chi connectivity index (χ0v) is 19.5. The van der Waals surface area contributed by atoms with Crippen LogP contribution >= 0.6 is 0 Å². The molecule has 1 aliphatic rings. The van der Waals surface area contributed by atoms with Gasteiger partial charge in [0.15, 0.2) is 0 Å². The summed E-state index contributed by atoms with van der Waals surface area (Å²) in [7, 11) is 1.67. The zero-order valence-electron chi connectivity index (χ0n) is 19.5. The van der Waals surface area contributed by atoms with Crippen LogP contribution in [0.15, 0.2) is 43.2 Å². The summed E-state index contributed by atoms with van der Waals surface area (Å²) < 4.78 is 14.6. The van der Waals surface area contributed by atoms with Crippen LogP contribution in [0.1, 0.15) is 56.1 Å². The summed E-state index contributed by atoms with van der Waals surface area (Å²) in [5, 5.41) is 7.61. The Morgan fingerprint density at radius 1 is 1.18 bits per heavy atom. The number of nitrogens with one attached hydrogen (secondary N) is 1. The van der Waals surface area contributed by atoms with Crippen LogP contribution < -0.4 is 5.32 Å². The summed E-state index contributed by atoms with van der Waals surface area (Å²) in [4.78, 5) is 21.9. The fourth-order valence-electron chi connectivity index (χ4n) is 4.03. The number of methoxy groups -OCH3 is 1. The van der Waals surface area contributed by atoms with Gasteiger partial charge in [0.05, 0.1) is 25.5 Å². The molecule has 0 bridgehead atoms. The maximum absolute atomic E-state index is 13.2. The molecule has 1 aliphatic carbocycles. The minimum atomic E-state index is -0.168. The molecule has 0 spiro atoms. The molecule has 1 N–H and O–H groups in total. The molecule has 0 radical (unpaired) electrons. The average molecular weight is 453 g/mol. The van der Waals surface area contributed by atoms with Gasteiger partial charge < -0.3 is 14.8 Å². The summed E-state index contributed by atoms with van der Waals surface area (Å²) in [6.07, 6.45) is 12.9. The summed E-state index contributed by atoms with van der Waals surface area (Å²) in [6, 6.07) is 4.15. The van der Waals surface area contributed by atoms with Crippen molar-refractivity contribution in [2.24, 2.45) is 0 Å². The van der Waals surface area contributed by atoms with Crippen LogP contribution in [-0.4, -0.2) is 62.7 Å². The Labute approximate surface area is 194 Å². The Morgan fingerprint density at radius 3 is 2.67 bits per heavy atom. The third-order valence-corrected chi connectivity index (χ3v) is 5.93. The monoisotopic (exact) mass is 452 g/mol. The second kappa shape index (κ2) is 10.7. The van der Waals surface area contributed by atoms with Gasteiger partial charge in [0.2, 0.25) is 0 Å². The molecule has 3 heterocycles. The number of amides is 1. The minimum Gasteiger partial charge on any atom is -0.382 e. The first-order valence-electron chi connectivity index (χ1n) is 11.5. The van der Waals surface area contributed by atoms with Crippen molar-refractivity contribution < 1.29 is 14.3 Å². The summed E-state index contributed by atoms with van der Waals surface area (Å²) in [6.45, 7) is 5.38. The van der Waals surface area contributed by atoms with Crippen molar-refractivity contribution in [1.29, 1.82) is 0 Å². The molecule has 4 rings (SSSR count). The lowest BCUT2D eigenvalue weighted by Crippen LogP contribution is -2.39. The third-order valence-electron chi connectivity index (χ3n) is 5.93. The van der Waals surface area contributed by atoms with E-state index in [1.54, 1.807) is 24.2 Å². The normalized spacial score (nSPS) is 18.5. The van der Waals surface area contributed by atoms with Crippen LogP contribution in [0.5, 0.6) is 0 Å². The summed E-state index contributed by atoms with van der Waals surface area (Å²) in [5.41, 5.74) is 2.21. The van der Waals surface area contributed by atoms with Crippen molar-refractivity contribution in [2.75, 3.05) is 20.3 Å². The van der Waals surface area contributed by atoms with Crippen LogP contribution in [0.4, 0.5) is 0 Å². The van der Waals surface area contributed by atoms with Gasteiger partial charge >= 0.3 is 0 Å². The lowest BCUT2D eigenvalue weighted by molar-refractivity contribution is -0.00409. The number of pyridine rings is 1. The third kappa shape index (κ3) is 5.85. The predicted molar refractivity (Wildman–Crippen MR) is 124 cm³/mol. The molecule has 0 atom stereocenters. The molecular formula is C24H32N6O3. The molecule has 1 amide bonds. The molecule has 9 nitrogen and oxygen atoms in total. The first-order valence-corrected chi connectivity index (χ1v) is 11.5. The Balaban J connectivity index is 1.49. The number of imidazole rings is 1. The number of hydrogen-bond donors (Lipinski definition) is 1. The Hall–Kier alpha value is -3.04. The number of rotatable bonds is 9. The second-order valence-corrected chi connectivity index (χ2v) is 8.68. The fraction of sp³-hybridized carbons (Fsp3) is 0.500. The van der Waals surface area contributed by atoms with E-state index < -0.39 is 0 Å². The second-order valence-electron chi connectivity index (χ2n) is 8.68. The maximum atomic E-state index is 13.2. The number of carbonyl (C=O) groups excluding carboxylic acids is 1. The van der Waals surface area contributed by atoms with E-state index in [4.69, 9.17) is 9.47 Å². The highest BCUT2D eigenvalue weighted by molar-refractivity contribution is 5.94. The van der Waals surface area contributed by atoms with Crippen molar-refractivity contribution in [3.8, 4) is 16.9 Å². The average Bonchev–Trinajstić information content (AvgIpc) is 3.53. The molecule has 1 fully saturated rings. The number of nitrogens with zero attached hydrogens (tertiary/aromatic N) is 5. The first-order chi connectivity index (χ1) is 16.0. The van der Waals surface area contributed by atoms with Gasteiger partial charge in [-0.1, -0.05) is 0 Å². The SMILES string of the molecule is COCCOC1CCC(NC(=O)c2cc(-c3cnn(C(C)C)c3)cc(-n3ccnc3)n2)CC1. The largest absolute Gasteiger partial charge is 0.382 e. The molecule has 0 unspecified atom stereocenters. The van der Waals surface area contributed by atoms with Crippen LogP contribution in [0.3, 0.4) is 0 Å². The standard InChI is InChI=1S/C24H32N6O3/c1-17(2)30-15-19(14-26-30)18-12-22(28-23(13-18)29-9-8-25-16-29)24(31)27-20-4-6-21(7-5-20)33-11-10-32-3/h8-9,12-17,20-21H,4-7,10-11H2,1-3H3,(H,27,31). The smallest absolute Gasteiger partial charge is 0.270 e. The van der Waals surface area contributed by atoms with E-state index >= 15 is 0 Å². The van der Waals surface area contributed by atoms with E-state index in [-0.39, 0.29) is 24.1 Å². The van der Waals surface area contributed by atoms with E-state index in [2.05, 4.69) is 34.2 Å². The molecule has 1 saturated carbocycles. The molecule has 176 valence electrons. The summed E-state index contributed by atoms with van der Waals surface area (Å²) >= 11 is 0. The van der Waals surface area contributed by atoms with E-state index in [1.807, 2.05) is 35.4 Å². The van der Waals surface area contributed by atoms with Gasteiger partial charge in [0, 0.05) is 43.3 Å². The van der Waals surface area contributed by atoms with Gasteiger partial charge in [-0.2, -0.15) is 5.10 Å². The quantitative estimate of drug-likeness (QED) is 0.500. The highest BCUT2D eigenvalue weighted by Gasteiger charge is 2.24. The molecule has 0 saturated heterocycles.